The Bertz CT molecular complexity index is 1330. The van der Waals surface area contributed by atoms with Gasteiger partial charge in [-0.25, -0.2) is 12.7 Å². The molecule has 0 aromatic heterocycles. The van der Waals surface area contributed by atoms with Crippen LogP contribution in [0.15, 0.2) is 41.3 Å². The fraction of sp³-hybridized carbons (Fsp3) is 0.375. The Hall–Kier alpha value is -3.35. The van der Waals surface area contributed by atoms with Crippen LogP contribution in [0.1, 0.15) is 15.9 Å². The second-order valence-corrected chi connectivity index (χ2v) is 11.1. The van der Waals surface area contributed by atoms with Crippen molar-refractivity contribution in [2.24, 2.45) is 5.92 Å². The number of methoxy groups -OCH3 is 1. The SMILES string of the molecule is COc1ccc(Cl)cc1CC1CNC(=O)CN(S(=O)(=O)c2ccc(N)c(C(=O)N3CCNCC3)c2)C1=O. The Balaban J connectivity index is 1.66. The van der Waals surface area contributed by atoms with Gasteiger partial charge in [-0.3, -0.25) is 14.4 Å². The summed E-state index contributed by atoms with van der Waals surface area (Å²) in [4.78, 5) is 40.3. The van der Waals surface area contributed by atoms with E-state index in [1.807, 2.05) is 0 Å². The van der Waals surface area contributed by atoms with Crippen LogP contribution >= 0.6 is 11.6 Å². The van der Waals surface area contributed by atoms with Gasteiger partial charge in [-0.15, -0.1) is 0 Å². The Morgan fingerprint density at radius 3 is 2.59 bits per heavy atom. The van der Waals surface area contributed by atoms with Gasteiger partial charge in [0.15, 0.2) is 0 Å². The lowest BCUT2D eigenvalue weighted by atomic mass is 9.98. The van der Waals surface area contributed by atoms with Crippen molar-refractivity contribution in [2.45, 2.75) is 11.3 Å². The number of halogens is 1. The number of amides is 3. The van der Waals surface area contributed by atoms with Crippen molar-refractivity contribution in [2.75, 3.05) is 52.1 Å². The third kappa shape index (κ3) is 5.65. The number of hydrogen-bond acceptors (Lipinski definition) is 8. The van der Waals surface area contributed by atoms with Crippen molar-refractivity contribution in [3.05, 3.63) is 52.5 Å². The first-order chi connectivity index (χ1) is 17.6. The molecular formula is C24H28ClN5O6S. The van der Waals surface area contributed by atoms with Gasteiger partial charge >= 0.3 is 0 Å². The minimum Gasteiger partial charge on any atom is -0.496 e. The number of ether oxygens (including phenoxy) is 1. The summed E-state index contributed by atoms with van der Waals surface area (Å²) in [5, 5.41) is 6.17. The number of nitrogen functional groups attached to an aromatic ring is 1. The van der Waals surface area contributed by atoms with E-state index in [4.69, 9.17) is 22.1 Å². The highest BCUT2D eigenvalue weighted by Crippen LogP contribution is 2.29. The molecule has 3 amide bonds. The van der Waals surface area contributed by atoms with Crippen molar-refractivity contribution >= 4 is 45.0 Å². The molecule has 1 unspecified atom stereocenters. The predicted molar refractivity (Wildman–Crippen MR) is 137 cm³/mol. The molecule has 4 rings (SSSR count). The number of benzene rings is 2. The molecule has 0 spiro atoms. The van der Waals surface area contributed by atoms with Gasteiger partial charge in [0, 0.05) is 43.4 Å². The maximum atomic E-state index is 13.6. The summed E-state index contributed by atoms with van der Waals surface area (Å²) in [6, 6.07) is 8.63. The highest BCUT2D eigenvalue weighted by molar-refractivity contribution is 7.89. The summed E-state index contributed by atoms with van der Waals surface area (Å²) in [7, 11) is -3.02. The van der Waals surface area contributed by atoms with Crippen LogP contribution in [0.25, 0.3) is 0 Å². The number of sulfonamides is 1. The lowest BCUT2D eigenvalue weighted by molar-refractivity contribution is -0.131. The summed E-state index contributed by atoms with van der Waals surface area (Å²) in [5.41, 5.74) is 6.75. The molecule has 0 saturated carbocycles. The number of carbonyl (C=O) groups is 3. The number of piperazine rings is 1. The van der Waals surface area contributed by atoms with Gasteiger partial charge in [-0.05, 0) is 48.4 Å². The van der Waals surface area contributed by atoms with E-state index in [-0.39, 0.29) is 29.1 Å². The summed E-state index contributed by atoms with van der Waals surface area (Å²) < 4.78 is 33.2. The van der Waals surface area contributed by atoms with E-state index in [1.165, 1.54) is 25.3 Å². The number of nitrogens with two attached hydrogens (primary N) is 1. The third-order valence-corrected chi connectivity index (χ3v) is 8.36. The van der Waals surface area contributed by atoms with Crippen LogP contribution in [0.5, 0.6) is 5.75 Å². The summed E-state index contributed by atoms with van der Waals surface area (Å²) in [5.74, 6) is -2.19. The zero-order valence-corrected chi connectivity index (χ0v) is 21.8. The number of anilines is 1. The monoisotopic (exact) mass is 549 g/mol. The Morgan fingerprint density at radius 2 is 1.89 bits per heavy atom. The Morgan fingerprint density at radius 1 is 1.16 bits per heavy atom. The smallest absolute Gasteiger partial charge is 0.267 e. The van der Waals surface area contributed by atoms with Crippen molar-refractivity contribution < 1.29 is 27.5 Å². The maximum absolute atomic E-state index is 13.6. The molecule has 1 atom stereocenters. The van der Waals surface area contributed by atoms with E-state index >= 15 is 0 Å². The van der Waals surface area contributed by atoms with Crippen molar-refractivity contribution in [1.82, 2.24) is 19.8 Å². The molecule has 0 radical (unpaired) electrons. The first-order valence-corrected chi connectivity index (χ1v) is 13.5. The minimum atomic E-state index is -4.49. The molecule has 2 aliphatic rings. The van der Waals surface area contributed by atoms with Gasteiger partial charge in [-0.1, -0.05) is 11.6 Å². The molecule has 2 saturated heterocycles. The van der Waals surface area contributed by atoms with Crippen molar-refractivity contribution in [1.29, 1.82) is 0 Å². The predicted octanol–water partition coefficient (Wildman–Crippen LogP) is 0.482. The molecule has 2 heterocycles. The van der Waals surface area contributed by atoms with Crippen LogP contribution < -0.4 is 21.1 Å². The van der Waals surface area contributed by atoms with Gasteiger partial charge in [0.05, 0.1) is 23.5 Å². The number of nitrogens with one attached hydrogen (secondary N) is 2. The number of carbonyl (C=O) groups excluding carboxylic acids is 3. The normalized spacial score (nSPS) is 18.8. The standard InChI is InChI=1S/C24H28ClN5O6S/c1-36-21-5-2-17(25)11-15(21)10-16-13-28-22(31)14-30(23(16)32)37(34,35)18-3-4-20(26)19(12-18)24(33)29-8-6-27-7-9-29/h2-5,11-12,16,27H,6-10,13-14,26H2,1H3,(H,28,31). The molecule has 198 valence electrons. The molecule has 11 nitrogen and oxygen atoms in total. The van der Waals surface area contributed by atoms with Gasteiger partial charge in [0.2, 0.25) is 11.8 Å². The summed E-state index contributed by atoms with van der Waals surface area (Å²) in [6.07, 6.45) is 0.0866. The second-order valence-electron chi connectivity index (χ2n) is 8.80. The molecule has 2 fully saturated rings. The third-order valence-electron chi connectivity index (χ3n) is 6.38. The zero-order valence-electron chi connectivity index (χ0n) is 20.2. The molecule has 0 bridgehead atoms. The fourth-order valence-corrected chi connectivity index (χ4v) is 6.00. The number of nitrogens with zero attached hydrogens (tertiary/aromatic N) is 2. The largest absolute Gasteiger partial charge is 0.496 e. The van der Waals surface area contributed by atoms with Crippen LogP contribution in [0.4, 0.5) is 5.69 Å². The molecule has 37 heavy (non-hydrogen) atoms. The quantitative estimate of drug-likeness (QED) is 0.440. The highest BCUT2D eigenvalue weighted by atomic mass is 35.5. The average molecular weight is 550 g/mol. The number of rotatable bonds is 6. The Kier molecular flexibility index (Phi) is 7.90. The van der Waals surface area contributed by atoms with Gasteiger partial charge in [0.25, 0.3) is 15.9 Å². The summed E-state index contributed by atoms with van der Waals surface area (Å²) in [6.45, 7) is 1.38. The Labute approximate surface area is 219 Å². The van der Waals surface area contributed by atoms with Gasteiger partial charge in [-0.2, -0.15) is 0 Å². The van der Waals surface area contributed by atoms with E-state index in [0.717, 1.165) is 0 Å². The molecule has 4 N–H and O–H groups in total. The van der Waals surface area contributed by atoms with Crippen LogP contribution in [-0.4, -0.2) is 81.7 Å². The molecule has 13 heteroatoms. The van der Waals surface area contributed by atoms with Crippen molar-refractivity contribution in [3.8, 4) is 5.75 Å². The first-order valence-electron chi connectivity index (χ1n) is 11.7. The minimum absolute atomic E-state index is 0.0231. The van der Waals surface area contributed by atoms with Crippen LogP contribution in [0.2, 0.25) is 5.02 Å². The van der Waals surface area contributed by atoms with Crippen LogP contribution in [-0.2, 0) is 26.0 Å². The van der Waals surface area contributed by atoms with E-state index in [1.54, 1.807) is 23.1 Å². The second kappa shape index (κ2) is 11.0. The maximum Gasteiger partial charge on any atom is 0.267 e. The molecular weight excluding hydrogens is 522 g/mol. The van der Waals surface area contributed by atoms with E-state index in [2.05, 4.69) is 10.6 Å². The topological polar surface area (TPSA) is 151 Å². The molecule has 2 aromatic rings. The van der Waals surface area contributed by atoms with Crippen LogP contribution in [0, 0.1) is 5.92 Å². The average Bonchev–Trinajstić information content (AvgIpc) is 3.03. The van der Waals surface area contributed by atoms with Gasteiger partial charge in [0.1, 0.15) is 12.3 Å². The van der Waals surface area contributed by atoms with Gasteiger partial charge < -0.3 is 26.0 Å². The summed E-state index contributed by atoms with van der Waals surface area (Å²) >= 11 is 6.11. The molecule has 0 aliphatic carbocycles. The van der Waals surface area contributed by atoms with E-state index in [0.29, 0.717) is 46.8 Å². The van der Waals surface area contributed by atoms with E-state index in [9.17, 15) is 22.8 Å². The zero-order chi connectivity index (χ0) is 26.7. The molecule has 2 aliphatic heterocycles. The van der Waals surface area contributed by atoms with E-state index < -0.39 is 40.2 Å². The lowest BCUT2D eigenvalue weighted by Crippen LogP contribution is -2.46. The number of hydrogen-bond donors (Lipinski definition) is 3. The van der Waals surface area contributed by atoms with Crippen LogP contribution in [0.3, 0.4) is 0 Å². The lowest BCUT2D eigenvalue weighted by Gasteiger charge is -2.28. The first kappa shape index (κ1) is 26.7. The highest BCUT2D eigenvalue weighted by Gasteiger charge is 2.39. The fourth-order valence-electron chi connectivity index (χ4n) is 4.37. The van der Waals surface area contributed by atoms with Crippen molar-refractivity contribution in [3.63, 3.8) is 0 Å². The molecule has 2 aromatic carbocycles.